The molecule has 1 aliphatic heterocycles. The molecule has 0 N–H and O–H groups in total. The first-order valence-corrected chi connectivity index (χ1v) is 12.3. The number of Topliss-reactive ketones (excluding diaryl/α,β-unsaturated/α-hetero) is 1. The molecule has 1 aliphatic carbocycles. The molecular formula is C26H30ClN3O4. The summed E-state index contributed by atoms with van der Waals surface area (Å²) in [7, 11) is 1.60. The van der Waals surface area contributed by atoms with E-state index in [-0.39, 0.29) is 17.0 Å². The van der Waals surface area contributed by atoms with E-state index in [4.69, 9.17) is 11.6 Å². The van der Waals surface area contributed by atoms with Gasteiger partial charge in [-0.25, -0.2) is 0 Å². The van der Waals surface area contributed by atoms with E-state index in [1.54, 1.807) is 37.4 Å². The second kappa shape index (κ2) is 10.1. The quantitative estimate of drug-likeness (QED) is 0.400. The number of halogens is 1. The zero-order chi connectivity index (χ0) is 24.3. The van der Waals surface area contributed by atoms with Crippen LogP contribution in [0.15, 0.2) is 42.5 Å². The molecule has 1 saturated carbocycles. The Labute approximate surface area is 204 Å². The fraction of sp³-hybridized carbons (Fsp3) is 0.462. The van der Waals surface area contributed by atoms with Crippen LogP contribution in [0.4, 0.5) is 11.4 Å². The number of rotatable bonds is 5. The van der Waals surface area contributed by atoms with Gasteiger partial charge in [0.2, 0.25) is 0 Å². The number of ketones is 1. The largest absolute Gasteiger partial charge is 0.366 e. The van der Waals surface area contributed by atoms with Crippen LogP contribution < -0.4 is 4.90 Å². The fourth-order valence-electron chi connectivity index (χ4n) is 5.38. The Kier molecular flexibility index (Phi) is 7.22. The Morgan fingerprint density at radius 2 is 1.76 bits per heavy atom. The van der Waals surface area contributed by atoms with Crippen LogP contribution in [-0.2, 0) is 10.3 Å². The Hall–Kier alpha value is -2.93. The lowest BCUT2D eigenvalue weighted by Crippen LogP contribution is -2.54. The average Bonchev–Trinajstić information content (AvgIpc) is 3.13. The molecule has 8 heteroatoms. The van der Waals surface area contributed by atoms with E-state index in [1.807, 2.05) is 11.0 Å². The first-order chi connectivity index (χ1) is 16.4. The van der Waals surface area contributed by atoms with Crippen LogP contribution in [0.25, 0.3) is 0 Å². The standard InChI is InChI=1S/C26H30ClN3O4/c1-28(26(15-7-6-12-24(26)31)20-10-4-5-11-21(20)27)25(32)19-13-14-22(23(18-19)30(33)34)29-16-8-2-3-9-17-29/h4-5,10-11,13-14,18H,2-3,6-9,12,15-17H2,1H3. The molecule has 1 amide bonds. The number of hydrogen-bond acceptors (Lipinski definition) is 5. The monoisotopic (exact) mass is 483 g/mol. The summed E-state index contributed by atoms with van der Waals surface area (Å²) in [6.45, 7) is 1.52. The number of nitrogens with zero attached hydrogens (tertiary/aromatic N) is 3. The maximum Gasteiger partial charge on any atom is 0.293 e. The molecule has 1 atom stereocenters. The highest BCUT2D eigenvalue weighted by molar-refractivity contribution is 6.31. The zero-order valence-electron chi connectivity index (χ0n) is 19.5. The van der Waals surface area contributed by atoms with Crippen molar-refractivity contribution in [3.8, 4) is 0 Å². The molecule has 2 aliphatic rings. The first-order valence-electron chi connectivity index (χ1n) is 12.0. The molecule has 2 aromatic rings. The van der Waals surface area contributed by atoms with Gasteiger partial charge in [0.25, 0.3) is 11.6 Å². The molecule has 4 rings (SSSR count). The summed E-state index contributed by atoms with van der Waals surface area (Å²) >= 11 is 6.51. The Morgan fingerprint density at radius 1 is 1.06 bits per heavy atom. The van der Waals surface area contributed by atoms with Crippen molar-refractivity contribution in [2.75, 3.05) is 25.0 Å². The lowest BCUT2D eigenvalue weighted by atomic mass is 9.74. The number of carbonyl (C=O) groups is 2. The number of carbonyl (C=O) groups excluding carboxylic acids is 2. The Bertz CT molecular complexity index is 1100. The van der Waals surface area contributed by atoms with Gasteiger partial charge in [0.15, 0.2) is 5.78 Å². The van der Waals surface area contributed by atoms with Crippen LogP contribution in [0.1, 0.15) is 67.3 Å². The third-order valence-electron chi connectivity index (χ3n) is 7.22. The van der Waals surface area contributed by atoms with Crippen molar-refractivity contribution >= 4 is 34.7 Å². The SMILES string of the molecule is CN(C(=O)c1ccc(N2CCCCCC2)c([N+](=O)[O-])c1)C1(c2ccccc2Cl)CCCCC1=O. The van der Waals surface area contributed by atoms with Crippen molar-refractivity contribution < 1.29 is 14.5 Å². The van der Waals surface area contributed by atoms with Gasteiger partial charge < -0.3 is 9.80 Å². The minimum absolute atomic E-state index is 0.0570. The predicted molar refractivity (Wildman–Crippen MR) is 132 cm³/mol. The van der Waals surface area contributed by atoms with Gasteiger partial charge in [-0.2, -0.15) is 0 Å². The molecule has 1 saturated heterocycles. The maximum absolute atomic E-state index is 13.7. The van der Waals surface area contributed by atoms with Crippen LogP contribution in [0.2, 0.25) is 5.02 Å². The van der Waals surface area contributed by atoms with Gasteiger partial charge in [-0.15, -0.1) is 0 Å². The van der Waals surface area contributed by atoms with Gasteiger partial charge >= 0.3 is 0 Å². The van der Waals surface area contributed by atoms with Crippen molar-refractivity contribution in [3.05, 3.63) is 68.7 Å². The summed E-state index contributed by atoms with van der Waals surface area (Å²) in [5.74, 6) is -0.487. The molecule has 0 radical (unpaired) electrons. The number of anilines is 1. The smallest absolute Gasteiger partial charge is 0.293 e. The molecule has 2 aromatic carbocycles. The lowest BCUT2D eigenvalue weighted by molar-refractivity contribution is -0.384. The summed E-state index contributed by atoms with van der Waals surface area (Å²) in [6.07, 6.45) is 6.58. The van der Waals surface area contributed by atoms with Crippen molar-refractivity contribution in [1.82, 2.24) is 4.90 Å². The van der Waals surface area contributed by atoms with Gasteiger partial charge in [0, 0.05) is 48.8 Å². The van der Waals surface area contributed by atoms with Gasteiger partial charge in [-0.1, -0.05) is 42.6 Å². The molecule has 0 spiro atoms. The molecule has 0 bridgehead atoms. The summed E-state index contributed by atoms with van der Waals surface area (Å²) in [6, 6.07) is 11.8. The van der Waals surface area contributed by atoms with Gasteiger partial charge in [-0.3, -0.25) is 19.7 Å². The highest BCUT2D eigenvalue weighted by Gasteiger charge is 2.48. The van der Waals surface area contributed by atoms with E-state index in [0.29, 0.717) is 29.1 Å². The minimum Gasteiger partial charge on any atom is -0.366 e. The van der Waals surface area contributed by atoms with Crippen molar-refractivity contribution in [1.29, 1.82) is 0 Å². The van der Waals surface area contributed by atoms with Gasteiger partial charge in [0.05, 0.1) is 4.92 Å². The summed E-state index contributed by atoms with van der Waals surface area (Å²) in [4.78, 5) is 42.1. The number of hydrogen-bond donors (Lipinski definition) is 0. The fourth-order valence-corrected chi connectivity index (χ4v) is 5.67. The highest BCUT2D eigenvalue weighted by Crippen LogP contribution is 2.43. The van der Waals surface area contributed by atoms with E-state index in [9.17, 15) is 19.7 Å². The van der Waals surface area contributed by atoms with Crippen molar-refractivity contribution in [2.24, 2.45) is 0 Å². The van der Waals surface area contributed by atoms with Crippen molar-refractivity contribution in [3.63, 3.8) is 0 Å². The molecule has 1 heterocycles. The van der Waals surface area contributed by atoms with E-state index >= 15 is 0 Å². The summed E-state index contributed by atoms with van der Waals surface area (Å²) in [5.41, 5.74) is 0.0698. The second-order valence-electron chi connectivity index (χ2n) is 9.20. The minimum atomic E-state index is -1.19. The number of likely N-dealkylation sites (N-methyl/N-ethyl adjacent to an activating group) is 1. The zero-order valence-corrected chi connectivity index (χ0v) is 20.2. The van der Waals surface area contributed by atoms with Crippen LogP contribution in [-0.4, -0.2) is 41.7 Å². The van der Waals surface area contributed by atoms with Gasteiger partial charge in [0.1, 0.15) is 11.2 Å². The molecule has 1 unspecified atom stereocenters. The normalized spacial score (nSPS) is 21.1. The Balaban J connectivity index is 1.73. The third kappa shape index (κ3) is 4.41. The van der Waals surface area contributed by atoms with Crippen LogP contribution in [0.5, 0.6) is 0 Å². The van der Waals surface area contributed by atoms with Crippen LogP contribution in [0, 0.1) is 10.1 Å². The average molecular weight is 484 g/mol. The molecule has 0 aromatic heterocycles. The topological polar surface area (TPSA) is 83.8 Å². The van der Waals surface area contributed by atoms with Crippen LogP contribution in [0.3, 0.4) is 0 Å². The predicted octanol–water partition coefficient (Wildman–Crippen LogP) is 5.74. The molecule has 2 fully saturated rings. The van der Waals surface area contributed by atoms with Crippen LogP contribution >= 0.6 is 11.6 Å². The summed E-state index contributed by atoms with van der Waals surface area (Å²) < 4.78 is 0. The molecular weight excluding hydrogens is 454 g/mol. The van der Waals surface area contributed by atoms with E-state index < -0.39 is 16.4 Å². The lowest BCUT2D eigenvalue weighted by Gasteiger charge is -2.44. The molecule has 7 nitrogen and oxygen atoms in total. The summed E-state index contributed by atoms with van der Waals surface area (Å²) in [5, 5.41) is 12.4. The number of nitro groups is 1. The van der Waals surface area contributed by atoms with E-state index in [2.05, 4.69) is 0 Å². The third-order valence-corrected chi connectivity index (χ3v) is 7.55. The van der Waals surface area contributed by atoms with Gasteiger partial charge in [-0.05, 0) is 50.3 Å². The molecule has 180 valence electrons. The number of benzene rings is 2. The number of nitro benzene ring substituents is 1. The second-order valence-corrected chi connectivity index (χ2v) is 9.60. The molecule has 34 heavy (non-hydrogen) atoms. The Morgan fingerprint density at radius 3 is 2.41 bits per heavy atom. The van der Waals surface area contributed by atoms with Crippen molar-refractivity contribution in [2.45, 2.75) is 56.9 Å². The maximum atomic E-state index is 13.7. The first kappa shape index (κ1) is 24.2. The number of amides is 1. The van der Waals surface area contributed by atoms with E-state index in [0.717, 1.165) is 51.6 Å². The van der Waals surface area contributed by atoms with E-state index in [1.165, 1.54) is 11.0 Å². The highest BCUT2D eigenvalue weighted by atomic mass is 35.5.